The largest absolute Gasteiger partial charge is 0.312 e. The summed E-state index contributed by atoms with van der Waals surface area (Å²) in [5.41, 5.74) is 1.58. The molecule has 3 N–H and O–H groups in total. The molecule has 2 rings (SSSR count). The van der Waals surface area contributed by atoms with Crippen molar-refractivity contribution in [3.05, 3.63) is 33.8 Å². The van der Waals surface area contributed by atoms with Gasteiger partial charge in [-0.15, -0.1) is 11.3 Å². The highest BCUT2D eigenvalue weighted by Gasteiger charge is 2.25. The molecule has 6 nitrogen and oxygen atoms in total. The van der Waals surface area contributed by atoms with Gasteiger partial charge in [-0.3, -0.25) is 5.10 Å². The van der Waals surface area contributed by atoms with Crippen molar-refractivity contribution in [3.8, 4) is 0 Å². The van der Waals surface area contributed by atoms with E-state index in [2.05, 4.69) is 20.2 Å². The fraction of sp³-hybridized carbons (Fsp3) is 0.462. The lowest BCUT2D eigenvalue weighted by molar-refractivity contribution is 0.565. The van der Waals surface area contributed by atoms with Gasteiger partial charge in [-0.2, -0.15) is 5.10 Å². The molecule has 2 aromatic rings. The van der Waals surface area contributed by atoms with Crippen LogP contribution in [0.5, 0.6) is 0 Å². The lowest BCUT2D eigenvalue weighted by Crippen LogP contribution is -2.28. The summed E-state index contributed by atoms with van der Waals surface area (Å²) in [5, 5.41) is 11.6. The van der Waals surface area contributed by atoms with E-state index in [9.17, 15) is 8.42 Å². The maximum atomic E-state index is 12.6. The summed E-state index contributed by atoms with van der Waals surface area (Å²) in [6.45, 7) is 6.98. The minimum absolute atomic E-state index is 0.333. The Hall–Kier alpha value is -1.22. The predicted octanol–water partition coefficient (Wildman–Crippen LogP) is 1.93. The molecule has 0 aliphatic heterocycles. The Labute approximate surface area is 129 Å². The first-order valence-electron chi connectivity index (χ1n) is 6.74. The number of hydrogen-bond donors (Lipinski definition) is 3. The van der Waals surface area contributed by atoms with E-state index in [-0.39, 0.29) is 6.04 Å². The number of aromatic nitrogens is 2. The van der Waals surface area contributed by atoms with Crippen LogP contribution < -0.4 is 10.0 Å². The molecule has 21 heavy (non-hydrogen) atoms. The minimum Gasteiger partial charge on any atom is -0.312 e. The van der Waals surface area contributed by atoms with Gasteiger partial charge >= 0.3 is 0 Å². The molecule has 0 aliphatic rings. The normalized spacial score (nSPS) is 13.5. The van der Waals surface area contributed by atoms with Gasteiger partial charge < -0.3 is 5.32 Å². The number of thiophene rings is 1. The quantitative estimate of drug-likeness (QED) is 0.725. The van der Waals surface area contributed by atoms with Gasteiger partial charge in [0.05, 0.1) is 6.20 Å². The molecule has 0 fully saturated rings. The van der Waals surface area contributed by atoms with Crippen molar-refractivity contribution >= 4 is 21.4 Å². The Morgan fingerprint density at radius 1 is 1.48 bits per heavy atom. The molecule has 0 aliphatic carbocycles. The fourth-order valence-electron chi connectivity index (χ4n) is 2.07. The zero-order valence-electron chi connectivity index (χ0n) is 12.3. The van der Waals surface area contributed by atoms with Crippen molar-refractivity contribution in [1.82, 2.24) is 20.2 Å². The van der Waals surface area contributed by atoms with E-state index in [0.29, 0.717) is 11.4 Å². The Balaban J connectivity index is 2.25. The maximum Gasteiger partial charge on any atom is 0.242 e. The first-order valence-corrected chi connectivity index (χ1v) is 9.10. The Bertz CT molecular complexity index is 677. The summed E-state index contributed by atoms with van der Waals surface area (Å²) in [5.74, 6) is 0. The van der Waals surface area contributed by atoms with Crippen LogP contribution in [0.15, 0.2) is 22.7 Å². The second kappa shape index (κ2) is 6.69. The van der Waals surface area contributed by atoms with Crippen LogP contribution in [0.4, 0.5) is 0 Å². The van der Waals surface area contributed by atoms with E-state index >= 15 is 0 Å². The predicted molar refractivity (Wildman–Crippen MR) is 83.8 cm³/mol. The van der Waals surface area contributed by atoms with E-state index in [4.69, 9.17) is 0 Å². The summed E-state index contributed by atoms with van der Waals surface area (Å²) >= 11 is 1.47. The SMILES string of the molecule is CCNCc1scc(C)c1S(=O)(=O)NC(C)c1cn[nH]c1. The molecule has 0 amide bonds. The Morgan fingerprint density at radius 3 is 2.86 bits per heavy atom. The molecule has 1 atom stereocenters. The minimum atomic E-state index is -3.56. The zero-order chi connectivity index (χ0) is 15.5. The third-order valence-corrected chi connectivity index (χ3v) is 6.15. The van der Waals surface area contributed by atoms with Gasteiger partial charge in [0.25, 0.3) is 0 Å². The van der Waals surface area contributed by atoms with Crippen LogP contribution in [-0.2, 0) is 16.6 Å². The average molecular weight is 328 g/mol. The first-order chi connectivity index (χ1) is 9.95. The van der Waals surface area contributed by atoms with E-state index in [1.165, 1.54) is 11.3 Å². The van der Waals surface area contributed by atoms with Crippen molar-refractivity contribution in [2.45, 2.75) is 38.3 Å². The van der Waals surface area contributed by atoms with Crippen LogP contribution in [0.25, 0.3) is 0 Å². The fourth-order valence-corrected chi connectivity index (χ4v) is 5.08. The molecular formula is C13H20N4O2S2. The van der Waals surface area contributed by atoms with E-state index < -0.39 is 10.0 Å². The Kier molecular flexibility index (Phi) is 5.15. The summed E-state index contributed by atoms with van der Waals surface area (Å²) in [6, 6.07) is -0.333. The molecular weight excluding hydrogens is 308 g/mol. The summed E-state index contributed by atoms with van der Waals surface area (Å²) in [7, 11) is -3.56. The highest BCUT2D eigenvalue weighted by atomic mass is 32.2. The average Bonchev–Trinajstić information content (AvgIpc) is 3.05. The van der Waals surface area contributed by atoms with Gasteiger partial charge in [0, 0.05) is 29.2 Å². The smallest absolute Gasteiger partial charge is 0.242 e. The molecule has 2 aromatic heterocycles. The number of nitrogens with one attached hydrogen (secondary N) is 3. The maximum absolute atomic E-state index is 12.6. The van der Waals surface area contributed by atoms with Gasteiger partial charge in [0.2, 0.25) is 10.0 Å². The molecule has 0 radical (unpaired) electrons. The van der Waals surface area contributed by atoms with Gasteiger partial charge in [-0.25, -0.2) is 13.1 Å². The summed E-state index contributed by atoms with van der Waals surface area (Å²) < 4.78 is 28.0. The lowest BCUT2D eigenvalue weighted by Gasteiger charge is -2.14. The molecule has 116 valence electrons. The number of nitrogens with zero attached hydrogens (tertiary/aromatic N) is 1. The molecule has 0 bridgehead atoms. The van der Waals surface area contributed by atoms with Crippen molar-refractivity contribution in [2.24, 2.45) is 0 Å². The van der Waals surface area contributed by atoms with Gasteiger partial charge in [-0.05, 0) is 31.3 Å². The van der Waals surface area contributed by atoms with E-state index in [1.807, 2.05) is 19.2 Å². The third kappa shape index (κ3) is 3.70. The second-order valence-electron chi connectivity index (χ2n) is 4.83. The van der Waals surface area contributed by atoms with E-state index in [0.717, 1.165) is 22.5 Å². The van der Waals surface area contributed by atoms with Gasteiger partial charge in [-0.1, -0.05) is 6.92 Å². The van der Waals surface area contributed by atoms with E-state index in [1.54, 1.807) is 19.3 Å². The number of aromatic amines is 1. The molecule has 2 heterocycles. The van der Waals surface area contributed by atoms with Crippen molar-refractivity contribution in [2.75, 3.05) is 6.54 Å². The van der Waals surface area contributed by atoms with Crippen LogP contribution >= 0.6 is 11.3 Å². The van der Waals surface area contributed by atoms with Crippen molar-refractivity contribution in [3.63, 3.8) is 0 Å². The Morgan fingerprint density at radius 2 is 2.24 bits per heavy atom. The van der Waals surface area contributed by atoms with Crippen LogP contribution in [0, 0.1) is 6.92 Å². The third-order valence-electron chi connectivity index (χ3n) is 3.14. The van der Waals surface area contributed by atoms with Gasteiger partial charge in [0.15, 0.2) is 0 Å². The molecule has 8 heteroatoms. The van der Waals surface area contributed by atoms with Crippen LogP contribution in [0.2, 0.25) is 0 Å². The van der Waals surface area contributed by atoms with Crippen LogP contribution in [0.3, 0.4) is 0 Å². The van der Waals surface area contributed by atoms with Crippen molar-refractivity contribution in [1.29, 1.82) is 0 Å². The highest BCUT2D eigenvalue weighted by molar-refractivity contribution is 7.89. The first kappa shape index (κ1) is 16.2. The summed E-state index contributed by atoms with van der Waals surface area (Å²) in [6.07, 6.45) is 3.31. The molecule has 0 saturated heterocycles. The number of hydrogen-bond acceptors (Lipinski definition) is 5. The zero-order valence-corrected chi connectivity index (χ0v) is 13.9. The lowest BCUT2D eigenvalue weighted by atomic mass is 10.2. The molecule has 0 spiro atoms. The molecule has 0 saturated carbocycles. The van der Waals surface area contributed by atoms with Gasteiger partial charge in [0.1, 0.15) is 4.90 Å². The monoisotopic (exact) mass is 328 g/mol. The molecule has 0 aromatic carbocycles. The topological polar surface area (TPSA) is 86.9 Å². The number of H-pyrrole nitrogens is 1. The molecule has 1 unspecified atom stereocenters. The van der Waals surface area contributed by atoms with Crippen LogP contribution in [0.1, 0.15) is 35.9 Å². The highest BCUT2D eigenvalue weighted by Crippen LogP contribution is 2.28. The summed E-state index contributed by atoms with van der Waals surface area (Å²) in [4.78, 5) is 1.23. The number of sulfonamides is 1. The van der Waals surface area contributed by atoms with Crippen LogP contribution in [-0.4, -0.2) is 25.2 Å². The number of rotatable bonds is 7. The standard InChI is InChI=1S/C13H20N4O2S2/c1-4-14-7-12-13(9(2)8-20-12)21(18,19)17-10(3)11-5-15-16-6-11/h5-6,8,10,14,17H,4,7H2,1-3H3,(H,15,16). The van der Waals surface area contributed by atoms with Crippen molar-refractivity contribution < 1.29 is 8.42 Å². The number of aryl methyl sites for hydroxylation is 1. The second-order valence-corrected chi connectivity index (χ2v) is 7.44.